The maximum Gasteiger partial charge on any atom is 0.135 e. The fourth-order valence-corrected chi connectivity index (χ4v) is 11.4. The molecule has 14 rings (SSSR count). The van der Waals surface area contributed by atoms with Gasteiger partial charge in [0.25, 0.3) is 0 Å². The molecule has 0 radical (unpaired) electrons. The number of para-hydroxylation sites is 4. The lowest BCUT2D eigenvalue weighted by atomic mass is 9.81. The molecular weight excluding hydrogens is 801 g/mol. The van der Waals surface area contributed by atoms with E-state index in [9.17, 15) is 0 Å². The van der Waals surface area contributed by atoms with Crippen LogP contribution in [0.1, 0.15) is 25.0 Å². The van der Waals surface area contributed by atoms with Gasteiger partial charge < -0.3 is 13.6 Å². The molecule has 0 unspecified atom stereocenters. The van der Waals surface area contributed by atoms with Crippen molar-refractivity contribution in [2.24, 2.45) is 0 Å². The van der Waals surface area contributed by atoms with Gasteiger partial charge in [-0.1, -0.05) is 147 Å². The van der Waals surface area contributed by atoms with Crippen LogP contribution in [0.3, 0.4) is 0 Å². The topological polar surface area (TPSA) is 23.0 Å². The molecule has 0 bridgehead atoms. The Morgan fingerprint density at radius 1 is 0.318 bits per heavy atom. The van der Waals surface area contributed by atoms with E-state index in [-0.39, 0.29) is 5.41 Å². The molecule has 1 aliphatic rings. The van der Waals surface area contributed by atoms with Crippen molar-refractivity contribution >= 4 is 65.6 Å². The van der Waals surface area contributed by atoms with Gasteiger partial charge in [-0.3, -0.25) is 0 Å². The van der Waals surface area contributed by atoms with Crippen molar-refractivity contribution in [2.45, 2.75) is 19.3 Å². The Morgan fingerprint density at radius 2 is 0.909 bits per heavy atom. The van der Waals surface area contributed by atoms with E-state index in [0.717, 1.165) is 44.4 Å². The van der Waals surface area contributed by atoms with Crippen molar-refractivity contribution in [3.05, 3.63) is 230 Å². The van der Waals surface area contributed by atoms with E-state index < -0.39 is 0 Å². The first kappa shape index (κ1) is 37.0. The predicted octanol–water partition coefficient (Wildman–Crippen LogP) is 17.1. The lowest BCUT2D eigenvalue weighted by Gasteiger charge is -2.22. The highest BCUT2D eigenvalue weighted by molar-refractivity contribution is 6.16. The molecule has 0 N–H and O–H groups in total. The molecule has 1 aliphatic carbocycles. The maximum absolute atomic E-state index is 6.29. The number of hydrogen-bond acceptors (Lipinski definition) is 1. The SMILES string of the molecule is CC1(C)c2ccccc2-c2ccc(-c3cc(-c4ccc5c6ccccc6n(-c6ccc7oc8ccccc8c7c6)c5c4)cc(-c4cccc5c4c4ccccc4n5-c4ccccc4)c3)cc21. The highest BCUT2D eigenvalue weighted by atomic mass is 16.3. The van der Waals surface area contributed by atoms with Gasteiger partial charge >= 0.3 is 0 Å². The van der Waals surface area contributed by atoms with Crippen molar-refractivity contribution in [1.82, 2.24) is 9.13 Å². The lowest BCUT2D eigenvalue weighted by molar-refractivity contribution is 0.660. The first-order valence-corrected chi connectivity index (χ1v) is 22.9. The lowest BCUT2D eigenvalue weighted by Crippen LogP contribution is -2.14. The van der Waals surface area contributed by atoms with Crippen LogP contribution in [0.4, 0.5) is 0 Å². The molecule has 3 nitrogen and oxygen atoms in total. The molecule has 3 heterocycles. The van der Waals surface area contributed by atoms with Gasteiger partial charge in [0.2, 0.25) is 0 Å². The van der Waals surface area contributed by atoms with Gasteiger partial charge in [-0.05, 0) is 141 Å². The molecule has 3 aromatic heterocycles. The number of aromatic nitrogens is 2. The Kier molecular flexibility index (Phi) is 7.74. The summed E-state index contributed by atoms with van der Waals surface area (Å²) < 4.78 is 11.1. The summed E-state index contributed by atoms with van der Waals surface area (Å²) in [5, 5.41) is 7.19. The molecule has 0 atom stereocenters. The molecule has 3 heteroatoms. The monoisotopic (exact) mass is 842 g/mol. The van der Waals surface area contributed by atoms with Crippen molar-refractivity contribution < 1.29 is 4.42 Å². The molecule has 0 saturated heterocycles. The molecule has 0 spiro atoms. The molecule has 0 aliphatic heterocycles. The molecular formula is C63H42N2O. The second-order valence-electron chi connectivity index (χ2n) is 18.5. The minimum atomic E-state index is -0.114. The number of rotatable bonds is 5. The second kappa shape index (κ2) is 13.8. The van der Waals surface area contributed by atoms with Crippen LogP contribution in [0.2, 0.25) is 0 Å². The maximum atomic E-state index is 6.29. The fraction of sp³-hybridized carbons (Fsp3) is 0.0476. The van der Waals surface area contributed by atoms with Gasteiger partial charge in [-0.2, -0.15) is 0 Å². The van der Waals surface area contributed by atoms with Gasteiger partial charge in [0, 0.05) is 49.1 Å². The summed E-state index contributed by atoms with van der Waals surface area (Å²) in [6.45, 7) is 4.74. The van der Waals surface area contributed by atoms with Crippen LogP contribution in [0.5, 0.6) is 0 Å². The van der Waals surface area contributed by atoms with Crippen LogP contribution in [-0.4, -0.2) is 9.13 Å². The summed E-state index contributed by atoms with van der Waals surface area (Å²) in [5.74, 6) is 0. The summed E-state index contributed by atoms with van der Waals surface area (Å²) in [6, 6.07) is 80.5. The Morgan fingerprint density at radius 3 is 1.76 bits per heavy atom. The summed E-state index contributed by atoms with van der Waals surface area (Å²) in [7, 11) is 0. The minimum Gasteiger partial charge on any atom is -0.456 e. The van der Waals surface area contributed by atoms with E-state index in [0.29, 0.717) is 0 Å². The number of hydrogen-bond donors (Lipinski definition) is 0. The minimum absolute atomic E-state index is 0.114. The average molecular weight is 843 g/mol. The average Bonchev–Trinajstić information content (AvgIpc) is 4.08. The van der Waals surface area contributed by atoms with Crippen molar-refractivity contribution in [3.63, 3.8) is 0 Å². The standard InChI is InChI=1S/C63H42N2O/c1-63(2)54-22-10-6-17-47(54)48-30-27-39(36-55(48)63)41-33-42(35-43(34-41)46-21-14-25-58-62(46)52-20-8-12-24-57(52)64(58)44-15-4-3-5-16-44)40-28-31-50-49-18-7-11-23-56(49)65(59(50)37-40)45-29-32-61-53(38-45)51-19-9-13-26-60(51)66-61/h3-38H,1-2H3. The van der Waals surface area contributed by atoms with Crippen LogP contribution in [0, 0.1) is 0 Å². The zero-order valence-corrected chi connectivity index (χ0v) is 36.6. The third-order valence-corrected chi connectivity index (χ3v) is 14.5. The van der Waals surface area contributed by atoms with E-state index in [1.165, 1.54) is 88.2 Å². The number of fused-ring (bicyclic) bond motifs is 12. The summed E-state index contributed by atoms with van der Waals surface area (Å²) in [4.78, 5) is 0. The van der Waals surface area contributed by atoms with Crippen molar-refractivity contribution in [2.75, 3.05) is 0 Å². The van der Waals surface area contributed by atoms with E-state index >= 15 is 0 Å². The molecule has 66 heavy (non-hydrogen) atoms. The third kappa shape index (κ3) is 5.31. The first-order valence-electron chi connectivity index (χ1n) is 22.9. The second-order valence-corrected chi connectivity index (χ2v) is 18.5. The quantitative estimate of drug-likeness (QED) is 0.169. The largest absolute Gasteiger partial charge is 0.456 e. The Balaban J connectivity index is 1.02. The Bertz CT molecular complexity index is 4140. The van der Waals surface area contributed by atoms with Crippen molar-refractivity contribution in [1.29, 1.82) is 0 Å². The van der Waals surface area contributed by atoms with Crippen LogP contribution in [-0.2, 0) is 5.41 Å². The first-order chi connectivity index (χ1) is 32.5. The van der Waals surface area contributed by atoms with E-state index in [2.05, 4.69) is 235 Å². The third-order valence-electron chi connectivity index (χ3n) is 14.5. The zero-order chi connectivity index (χ0) is 43.7. The van der Waals surface area contributed by atoms with Crippen molar-refractivity contribution in [3.8, 4) is 55.9 Å². The molecule has 0 fully saturated rings. The van der Waals surface area contributed by atoms with Gasteiger partial charge in [-0.15, -0.1) is 0 Å². The summed E-state index contributed by atoms with van der Waals surface area (Å²) in [6.07, 6.45) is 0. The molecule has 0 amide bonds. The van der Waals surface area contributed by atoms with E-state index in [4.69, 9.17) is 4.42 Å². The van der Waals surface area contributed by atoms with Gasteiger partial charge in [0.1, 0.15) is 11.2 Å². The molecule has 10 aromatic carbocycles. The predicted molar refractivity (Wildman–Crippen MR) is 276 cm³/mol. The molecule has 0 saturated carbocycles. The van der Waals surface area contributed by atoms with Crippen LogP contribution >= 0.6 is 0 Å². The fourth-order valence-electron chi connectivity index (χ4n) is 11.4. The van der Waals surface area contributed by atoms with E-state index in [1.807, 2.05) is 6.07 Å². The van der Waals surface area contributed by atoms with Crippen LogP contribution in [0.15, 0.2) is 223 Å². The highest BCUT2D eigenvalue weighted by Crippen LogP contribution is 2.50. The van der Waals surface area contributed by atoms with Crippen LogP contribution < -0.4 is 0 Å². The Hall–Kier alpha value is -8.40. The van der Waals surface area contributed by atoms with E-state index in [1.54, 1.807) is 0 Å². The summed E-state index contributed by atoms with van der Waals surface area (Å²) >= 11 is 0. The molecule has 310 valence electrons. The Labute approximate surface area is 382 Å². The smallest absolute Gasteiger partial charge is 0.135 e. The molecule has 13 aromatic rings. The summed E-state index contributed by atoms with van der Waals surface area (Å²) in [5.41, 5.74) is 21.2. The van der Waals surface area contributed by atoms with Gasteiger partial charge in [-0.25, -0.2) is 0 Å². The number of nitrogens with zero attached hydrogens (tertiary/aromatic N) is 2. The van der Waals surface area contributed by atoms with Gasteiger partial charge in [0.05, 0.1) is 22.1 Å². The van der Waals surface area contributed by atoms with Gasteiger partial charge in [0.15, 0.2) is 0 Å². The highest BCUT2D eigenvalue weighted by Gasteiger charge is 2.35. The normalized spacial score (nSPS) is 13.1. The zero-order valence-electron chi connectivity index (χ0n) is 36.6. The number of benzene rings is 10. The van der Waals surface area contributed by atoms with Crippen LogP contribution in [0.25, 0.3) is 121 Å². The number of furan rings is 1.